The summed E-state index contributed by atoms with van der Waals surface area (Å²) in [5, 5.41) is 0. The smallest absolute Gasteiger partial charge is 0.0322 e. The van der Waals surface area contributed by atoms with E-state index in [4.69, 9.17) is 0 Å². The predicted molar refractivity (Wildman–Crippen MR) is 92.3 cm³/mol. The van der Waals surface area contributed by atoms with Crippen molar-refractivity contribution in [2.75, 3.05) is 26.7 Å². The Bertz CT molecular complexity index is 424. The highest BCUT2D eigenvalue weighted by molar-refractivity contribution is 5.26. The molecule has 0 aromatic heterocycles. The van der Waals surface area contributed by atoms with Gasteiger partial charge >= 0.3 is 0 Å². The fourth-order valence-electron chi connectivity index (χ4n) is 3.83. The molecule has 1 atom stereocenters. The maximum Gasteiger partial charge on any atom is 0.0322 e. The van der Waals surface area contributed by atoms with E-state index < -0.39 is 0 Å². The first-order valence-corrected chi connectivity index (χ1v) is 8.42. The molecule has 0 aliphatic carbocycles. The van der Waals surface area contributed by atoms with Gasteiger partial charge in [-0.3, -0.25) is 0 Å². The molecule has 2 aliphatic rings. The van der Waals surface area contributed by atoms with Gasteiger partial charge in [0.2, 0.25) is 0 Å². The third-order valence-electron chi connectivity index (χ3n) is 5.52. The van der Waals surface area contributed by atoms with Gasteiger partial charge in [-0.2, -0.15) is 0 Å². The summed E-state index contributed by atoms with van der Waals surface area (Å²) in [4.78, 5) is 5.11. The van der Waals surface area contributed by atoms with Crippen LogP contribution in [-0.4, -0.2) is 42.5 Å². The van der Waals surface area contributed by atoms with Crippen molar-refractivity contribution in [3.63, 3.8) is 0 Å². The summed E-state index contributed by atoms with van der Waals surface area (Å²) in [5.41, 5.74) is 3.30. The van der Waals surface area contributed by atoms with Crippen LogP contribution in [-0.2, 0) is 0 Å². The van der Waals surface area contributed by atoms with Gasteiger partial charge in [-0.25, -0.2) is 0 Å². The van der Waals surface area contributed by atoms with Gasteiger partial charge in [-0.15, -0.1) is 0 Å². The molecule has 2 aliphatic heterocycles. The number of likely N-dealkylation sites (tertiary alicyclic amines) is 2. The van der Waals surface area contributed by atoms with Crippen LogP contribution in [0.4, 0.5) is 0 Å². The summed E-state index contributed by atoms with van der Waals surface area (Å²) >= 11 is 0. The van der Waals surface area contributed by atoms with Crippen molar-refractivity contribution in [2.45, 2.75) is 53.0 Å². The maximum absolute atomic E-state index is 2.56. The first-order chi connectivity index (χ1) is 9.99. The predicted octanol–water partition coefficient (Wildman–Crippen LogP) is 4.22. The largest absolute Gasteiger partial charge is 0.372 e. The average Bonchev–Trinajstić information content (AvgIpc) is 2.75. The minimum Gasteiger partial charge on any atom is -0.372 e. The minimum absolute atomic E-state index is 0.590. The molecule has 0 N–H and O–H groups in total. The molecule has 2 rings (SSSR count). The van der Waals surface area contributed by atoms with Crippen LogP contribution in [0.15, 0.2) is 35.6 Å². The molecule has 2 saturated heterocycles. The van der Waals surface area contributed by atoms with Gasteiger partial charge in [0.15, 0.2) is 0 Å². The molecule has 1 unspecified atom stereocenters. The van der Waals surface area contributed by atoms with Crippen molar-refractivity contribution >= 4 is 0 Å². The number of rotatable bonds is 3. The highest BCUT2D eigenvalue weighted by Crippen LogP contribution is 2.43. The molecule has 2 heteroatoms. The van der Waals surface area contributed by atoms with E-state index in [-0.39, 0.29) is 0 Å². The normalized spacial score (nSPS) is 28.0. The lowest BCUT2D eigenvalue weighted by Gasteiger charge is -2.40. The van der Waals surface area contributed by atoms with E-state index >= 15 is 0 Å². The first-order valence-electron chi connectivity index (χ1n) is 8.42. The number of piperidine rings is 1. The van der Waals surface area contributed by atoms with E-state index in [1.54, 1.807) is 0 Å². The van der Waals surface area contributed by atoms with Gasteiger partial charge in [-0.1, -0.05) is 23.8 Å². The van der Waals surface area contributed by atoms with Crippen LogP contribution in [0.1, 0.15) is 47.0 Å². The van der Waals surface area contributed by atoms with E-state index in [1.165, 1.54) is 50.2 Å². The van der Waals surface area contributed by atoms with E-state index in [0.717, 1.165) is 6.04 Å². The van der Waals surface area contributed by atoms with Gasteiger partial charge in [0.05, 0.1) is 0 Å². The monoisotopic (exact) mass is 288 g/mol. The Balaban J connectivity index is 1.95. The summed E-state index contributed by atoms with van der Waals surface area (Å²) in [6, 6.07) is 0.759. The van der Waals surface area contributed by atoms with Gasteiger partial charge in [0.25, 0.3) is 0 Å². The van der Waals surface area contributed by atoms with Crippen molar-refractivity contribution in [3.8, 4) is 0 Å². The van der Waals surface area contributed by atoms with Crippen LogP contribution < -0.4 is 0 Å². The van der Waals surface area contributed by atoms with Crippen LogP contribution in [0.25, 0.3) is 0 Å². The first kappa shape index (κ1) is 16.4. The molecular weight excluding hydrogens is 256 g/mol. The number of hydrogen-bond acceptors (Lipinski definition) is 2. The lowest BCUT2D eigenvalue weighted by Crippen LogP contribution is -2.40. The molecular formula is C19H32N2. The van der Waals surface area contributed by atoms with Crippen molar-refractivity contribution in [1.82, 2.24) is 9.80 Å². The Morgan fingerprint density at radius 1 is 1.10 bits per heavy atom. The van der Waals surface area contributed by atoms with Crippen LogP contribution in [0, 0.1) is 5.41 Å². The van der Waals surface area contributed by atoms with Crippen LogP contribution in [0.5, 0.6) is 0 Å². The number of allylic oxidation sites excluding steroid dienone is 5. The van der Waals surface area contributed by atoms with E-state index in [0.29, 0.717) is 5.41 Å². The van der Waals surface area contributed by atoms with E-state index in [1.807, 2.05) is 0 Å². The second-order valence-electron chi connectivity index (χ2n) is 7.03. The lowest BCUT2D eigenvalue weighted by atomic mass is 9.76. The zero-order chi connectivity index (χ0) is 15.5. The van der Waals surface area contributed by atoms with Crippen LogP contribution in [0.2, 0.25) is 0 Å². The molecule has 118 valence electrons. The fraction of sp³-hybridized carbons (Fsp3) is 0.684. The third kappa shape index (κ3) is 3.79. The number of hydrogen-bond donors (Lipinski definition) is 0. The zero-order valence-corrected chi connectivity index (χ0v) is 14.5. The molecule has 2 fully saturated rings. The molecule has 2 heterocycles. The highest BCUT2D eigenvalue weighted by atomic mass is 15.2. The maximum atomic E-state index is 2.56. The molecule has 0 bridgehead atoms. The second-order valence-corrected chi connectivity index (χ2v) is 7.03. The second kappa shape index (κ2) is 6.83. The van der Waals surface area contributed by atoms with Crippen molar-refractivity contribution < 1.29 is 0 Å². The summed E-state index contributed by atoms with van der Waals surface area (Å²) in [6.07, 6.45) is 13.0. The molecule has 21 heavy (non-hydrogen) atoms. The number of nitrogens with zero attached hydrogens (tertiary/aromatic N) is 2. The van der Waals surface area contributed by atoms with Gasteiger partial charge in [0, 0.05) is 31.4 Å². The average molecular weight is 288 g/mol. The summed E-state index contributed by atoms with van der Waals surface area (Å²) in [5.74, 6) is 0. The molecule has 2 nitrogen and oxygen atoms in total. The van der Waals surface area contributed by atoms with Crippen LogP contribution >= 0.6 is 0 Å². The highest BCUT2D eigenvalue weighted by Gasteiger charge is 2.42. The molecule has 0 radical (unpaired) electrons. The standard InChI is InChI=1S/C19H32N2/c1-6-16(3)8-9-18(7-2)21-12-10-19(11-13-21)14-17(4)20(5)15-19/h6-9,17H,10-15H2,1-5H3/b9-8-,16-6-,18-7+. The molecule has 1 spiro atoms. The topological polar surface area (TPSA) is 6.48 Å². The van der Waals surface area contributed by atoms with E-state index in [9.17, 15) is 0 Å². The van der Waals surface area contributed by atoms with Crippen LogP contribution in [0.3, 0.4) is 0 Å². The molecule has 0 aromatic carbocycles. The SMILES string of the molecule is C\C=C(C)/C=C\C(=C/C)N1CCC2(CC1)CC(C)N(C)C2. The summed E-state index contributed by atoms with van der Waals surface area (Å²) < 4.78 is 0. The Kier molecular flexibility index (Phi) is 5.32. The summed E-state index contributed by atoms with van der Waals surface area (Å²) in [7, 11) is 2.28. The lowest BCUT2D eigenvalue weighted by molar-refractivity contribution is 0.137. The molecule has 0 aromatic rings. The molecule has 0 amide bonds. The Hall–Kier alpha value is -1.02. The quantitative estimate of drug-likeness (QED) is 0.717. The third-order valence-corrected chi connectivity index (χ3v) is 5.52. The van der Waals surface area contributed by atoms with Crippen molar-refractivity contribution in [1.29, 1.82) is 0 Å². The van der Waals surface area contributed by atoms with Crippen molar-refractivity contribution in [2.24, 2.45) is 5.41 Å². The summed E-state index contributed by atoms with van der Waals surface area (Å²) in [6.45, 7) is 12.5. The Morgan fingerprint density at radius 2 is 1.76 bits per heavy atom. The minimum atomic E-state index is 0.590. The zero-order valence-electron chi connectivity index (χ0n) is 14.5. The Labute approximate surface area is 131 Å². The van der Waals surface area contributed by atoms with E-state index in [2.05, 4.69) is 68.8 Å². The van der Waals surface area contributed by atoms with Gasteiger partial charge < -0.3 is 9.80 Å². The van der Waals surface area contributed by atoms with Gasteiger partial charge in [0.1, 0.15) is 0 Å². The molecule has 0 saturated carbocycles. The Morgan fingerprint density at radius 3 is 2.24 bits per heavy atom. The van der Waals surface area contributed by atoms with Gasteiger partial charge in [-0.05, 0) is 65.5 Å². The van der Waals surface area contributed by atoms with Crippen molar-refractivity contribution in [3.05, 3.63) is 35.6 Å². The fourth-order valence-corrected chi connectivity index (χ4v) is 3.83.